The van der Waals surface area contributed by atoms with Crippen molar-refractivity contribution in [2.24, 2.45) is 0 Å². The van der Waals surface area contributed by atoms with Crippen LogP contribution in [0.5, 0.6) is 0 Å². The fourth-order valence-corrected chi connectivity index (χ4v) is 2.81. The van der Waals surface area contributed by atoms with Crippen LogP contribution in [0.4, 0.5) is 5.69 Å². The predicted octanol–water partition coefficient (Wildman–Crippen LogP) is 2.14. The molecule has 0 atom stereocenters. The molecule has 6 heteroatoms. The van der Waals surface area contributed by atoms with Gasteiger partial charge in [-0.1, -0.05) is 6.07 Å². The van der Waals surface area contributed by atoms with E-state index in [1.807, 2.05) is 26.0 Å². The van der Waals surface area contributed by atoms with Gasteiger partial charge in [0.1, 0.15) is 4.90 Å². The molecule has 1 aromatic carbocycles. The number of H-pyrrole nitrogens is 1. The Morgan fingerprint density at radius 3 is 2.44 bits per heavy atom. The van der Waals surface area contributed by atoms with Crippen LogP contribution in [0, 0.1) is 20.8 Å². The smallest absolute Gasteiger partial charge is 0.265 e. The normalized spacial score (nSPS) is 11.5. The molecule has 1 heterocycles. The molecule has 0 amide bonds. The van der Waals surface area contributed by atoms with Gasteiger partial charge in [0, 0.05) is 5.69 Å². The zero-order valence-electron chi connectivity index (χ0n) is 10.5. The van der Waals surface area contributed by atoms with E-state index in [0.29, 0.717) is 11.4 Å². The van der Waals surface area contributed by atoms with Gasteiger partial charge in [0.15, 0.2) is 0 Å². The fourth-order valence-electron chi connectivity index (χ4n) is 1.63. The number of aromatic amines is 1. The molecular formula is C12H15N3O2S. The first-order valence-electron chi connectivity index (χ1n) is 5.50. The average Bonchev–Trinajstić information content (AvgIpc) is 2.70. The quantitative estimate of drug-likeness (QED) is 0.892. The van der Waals surface area contributed by atoms with Gasteiger partial charge >= 0.3 is 0 Å². The zero-order valence-corrected chi connectivity index (χ0v) is 11.3. The second kappa shape index (κ2) is 4.45. The minimum Gasteiger partial charge on any atom is -0.281 e. The third-order valence-electron chi connectivity index (χ3n) is 2.83. The highest BCUT2D eigenvalue weighted by molar-refractivity contribution is 7.92. The lowest BCUT2D eigenvalue weighted by Crippen LogP contribution is -2.13. The first-order chi connectivity index (χ1) is 8.40. The van der Waals surface area contributed by atoms with E-state index in [1.165, 1.54) is 6.20 Å². The lowest BCUT2D eigenvalue weighted by molar-refractivity contribution is 0.600. The minimum atomic E-state index is -3.57. The van der Waals surface area contributed by atoms with Crippen molar-refractivity contribution in [3.8, 4) is 0 Å². The van der Waals surface area contributed by atoms with Gasteiger partial charge in [-0.3, -0.25) is 9.82 Å². The Bertz CT molecular complexity index is 674. The van der Waals surface area contributed by atoms with Gasteiger partial charge in [0.05, 0.1) is 11.9 Å². The number of nitrogens with one attached hydrogen (secondary N) is 2. The molecule has 1 aromatic heterocycles. The first kappa shape index (κ1) is 12.6. The fraction of sp³-hybridized carbons (Fsp3) is 0.250. The van der Waals surface area contributed by atoms with Gasteiger partial charge in [-0.05, 0) is 44.0 Å². The van der Waals surface area contributed by atoms with Crippen LogP contribution in [-0.4, -0.2) is 18.6 Å². The second-order valence-electron chi connectivity index (χ2n) is 4.26. The molecule has 96 valence electrons. The Kier molecular flexibility index (Phi) is 3.13. The summed E-state index contributed by atoms with van der Waals surface area (Å²) in [5.41, 5.74) is 3.24. The topological polar surface area (TPSA) is 74.8 Å². The molecule has 5 nitrogen and oxygen atoms in total. The summed E-state index contributed by atoms with van der Waals surface area (Å²) in [5.74, 6) is 0. The molecule has 2 rings (SSSR count). The maximum Gasteiger partial charge on any atom is 0.265 e. The predicted molar refractivity (Wildman–Crippen MR) is 70.0 cm³/mol. The Labute approximate surface area is 106 Å². The number of anilines is 1. The van der Waals surface area contributed by atoms with Crippen molar-refractivity contribution >= 4 is 15.7 Å². The maximum absolute atomic E-state index is 12.1. The number of hydrogen-bond acceptors (Lipinski definition) is 3. The molecule has 2 aromatic rings. The third kappa shape index (κ3) is 2.38. The molecule has 2 N–H and O–H groups in total. The van der Waals surface area contributed by atoms with E-state index in [1.54, 1.807) is 13.0 Å². The van der Waals surface area contributed by atoms with E-state index >= 15 is 0 Å². The third-order valence-corrected chi connectivity index (χ3v) is 4.33. The monoisotopic (exact) mass is 265 g/mol. The van der Waals surface area contributed by atoms with Gasteiger partial charge in [0.2, 0.25) is 0 Å². The highest BCUT2D eigenvalue weighted by Crippen LogP contribution is 2.19. The number of aryl methyl sites for hydroxylation is 3. The van der Waals surface area contributed by atoms with E-state index in [9.17, 15) is 8.42 Å². The van der Waals surface area contributed by atoms with Crippen LogP contribution in [0.1, 0.15) is 16.8 Å². The minimum absolute atomic E-state index is 0.167. The van der Waals surface area contributed by atoms with E-state index in [4.69, 9.17) is 0 Å². The number of nitrogens with zero attached hydrogens (tertiary/aromatic N) is 1. The highest BCUT2D eigenvalue weighted by Gasteiger charge is 2.18. The molecule has 0 aliphatic rings. The summed E-state index contributed by atoms with van der Waals surface area (Å²) in [6, 6.07) is 5.44. The summed E-state index contributed by atoms with van der Waals surface area (Å²) in [6.07, 6.45) is 1.30. The standard InChI is InChI=1S/C12H15N3O2S/c1-8-4-5-11(6-9(8)2)15-18(16,17)12-7-13-14-10(12)3/h4-7,15H,1-3H3,(H,13,14). The van der Waals surface area contributed by atoms with Crippen LogP contribution in [0.25, 0.3) is 0 Å². The molecule has 0 aliphatic heterocycles. The van der Waals surface area contributed by atoms with Crippen LogP contribution in [0.15, 0.2) is 29.3 Å². The number of sulfonamides is 1. The summed E-state index contributed by atoms with van der Waals surface area (Å²) >= 11 is 0. The zero-order chi connectivity index (χ0) is 13.3. The lowest BCUT2D eigenvalue weighted by atomic mass is 10.1. The molecule has 18 heavy (non-hydrogen) atoms. The van der Waals surface area contributed by atoms with Crippen molar-refractivity contribution in [2.75, 3.05) is 4.72 Å². The van der Waals surface area contributed by atoms with Crippen molar-refractivity contribution < 1.29 is 8.42 Å². The van der Waals surface area contributed by atoms with Crippen molar-refractivity contribution in [1.82, 2.24) is 10.2 Å². The molecule has 0 aliphatic carbocycles. The highest BCUT2D eigenvalue weighted by atomic mass is 32.2. The number of benzene rings is 1. The van der Waals surface area contributed by atoms with E-state index in [0.717, 1.165) is 11.1 Å². The summed E-state index contributed by atoms with van der Waals surface area (Å²) < 4.78 is 26.8. The lowest BCUT2D eigenvalue weighted by Gasteiger charge is -2.09. The summed E-state index contributed by atoms with van der Waals surface area (Å²) in [6.45, 7) is 5.59. The molecule has 0 bridgehead atoms. The first-order valence-corrected chi connectivity index (χ1v) is 6.98. The molecule has 0 unspecified atom stereocenters. The van der Waals surface area contributed by atoms with Crippen molar-refractivity contribution in [3.05, 3.63) is 41.2 Å². The van der Waals surface area contributed by atoms with Gasteiger partial charge in [-0.2, -0.15) is 5.10 Å². The van der Waals surface area contributed by atoms with Crippen LogP contribution in [0.2, 0.25) is 0 Å². The average molecular weight is 265 g/mol. The number of aromatic nitrogens is 2. The Morgan fingerprint density at radius 1 is 1.17 bits per heavy atom. The summed E-state index contributed by atoms with van der Waals surface area (Å²) in [7, 11) is -3.57. The molecule has 0 saturated carbocycles. The molecule has 0 fully saturated rings. The van der Waals surface area contributed by atoms with Crippen molar-refractivity contribution in [2.45, 2.75) is 25.7 Å². The number of rotatable bonds is 3. The van der Waals surface area contributed by atoms with Crippen LogP contribution in [0.3, 0.4) is 0 Å². The maximum atomic E-state index is 12.1. The van der Waals surface area contributed by atoms with Crippen molar-refractivity contribution in [3.63, 3.8) is 0 Å². The van der Waals surface area contributed by atoms with E-state index in [-0.39, 0.29) is 4.90 Å². The Morgan fingerprint density at radius 2 is 1.89 bits per heavy atom. The summed E-state index contributed by atoms with van der Waals surface area (Å²) in [4.78, 5) is 0.167. The Balaban J connectivity index is 2.34. The second-order valence-corrected chi connectivity index (χ2v) is 5.91. The molecule has 0 spiro atoms. The Hall–Kier alpha value is -1.82. The SMILES string of the molecule is Cc1ccc(NS(=O)(=O)c2cn[nH]c2C)cc1C. The van der Waals surface area contributed by atoms with Crippen LogP contribution in [-0.2, 0) is 10.0 Å². The van der Waals surface area contributed by atoms with E-state index < -0.39 is 10.0 Å². The number of hydrogen-bond donors (Lipinski definition) is 2. The molecular weight excluding hydrogens is 250 g/mol. The van der Waals surface area contributed by atoms with E-state index in [2.05, 4.69) is 14.9 Å². The van der Waals surface area contributed by atoms with Crippen molar-refractivity contribution in [1.29, 1.82) is 0 Å². The van der Waals surface area contributed by atoms with Gasteiger partial charge in [-0.15, -0.1) is 0 Å². The van der Waals surface area contributed by atoms with Crippen LogP contribution < -0.4 is 4.72 Å². The molecule has 0 saturated heterocycles. The van der Waals surface area contributed by atoms with Gasteiger partial charge < -0.3 is 0 Å². The molecule has 0 radical (unpaired) electrons. The van der Waals surface area contributed by atoms with Gasteiger partial charge in [-0.25, -0.2) is 8.42 Å². The van der Waals surface area contributed by atoms with Crippen LogP contribution >= 0.6 is 0 Å². The largest absolute Gasteiger partial charge is 0.281 e. The summed E-state index contributed by atoms with van der Waals surface area (Å²) in [5, 5.41) is 6.33. The van der Waals surface area contributed by atoms with Gasteiger partial charge in [0.25, 0.3) is 10.0 Å².